The van der Waals surface area contributed by atoms with Crippen LogP contribution in [0.3, 0.4) is 0 Å². The van der Waals surface area contributed by atoms with Crippen molar-refractivity contribution in [1.29, 1.82) is 0 Å². The molecule has 1 aliphatic rings. The van der Waals surface area contributed by atoms with Gasteiger partial charge in [0.15, 0.2) is 0 Å². The molecule has 0 aliphatic carbocycles. The van der Waals surface area contributed by atoms with Gasteiger partial charge in [0.1, 0.15) is 5.82 Å². The molecule has 0 radical (unpaired) electrons. The minimum Gasteiger partial charge on any atom is -0.217 e. The van der Waals surface area contributed by atoms with Crippen molar-refractivity contribution in [2.24, 2.45) is 0 Å². The Labute approximate surface area is 86.8 Å². The molecule has 0 bridgehead atoms. The van der Waals surface area contributed by atoms with Gasteiger partial charge in [-0.25, -0.2) is 14.4 Å². The molecule has 0 saturated carbocycles. The van der Waals surface area contributed by atoms with Crippen LogP contribution >= 0.6 is 10.0 Å². The van der Waals surface area contributed by atoms with E-state index in [9.17, 15) is 4.39 Å². The summed E-state index contributed by atoms with van der Waals surface area (Å²) in [6.45, 7) is 2.04. The lowest BCUT2D eigenvalue weighted by atomic mass is 10.2. The summed E-state index contributed by atoms with van der Waals surface area (Å²) in [6.07, 6.45) is 5.09. The zero-order valence-corrected chi connectivity index (χ0v) is 9.66. The summed E-state index contributed by atoms with van der Waals surface area (Å²) in [7, 11) is -0.597. The van der Waals surface area contributed by atoms with E-state index in [0.717, 1.165) is 5.56 Å². The summed E-state index contributed by atoms with van der Waals surface area (Å²) in [4.78, 5) is 1.43. The van der Waals surface area contributed by atoms with Gasteiger partial charge in [0.2, 0.25) is 0 Å². The van der Waals surface area contributed by atoms with Crippen LogP contribution in [0, 0.1) is 12.7 Å². The zero-order chi connectivity index (χ0) is 10.2. The van der Waals surface area contributed by atoms with Crippen molar-refractivity contribution in [1.82, 2.24) is 0 Å². The van der Waals surface area contributed by atoms with Gasteiger partial charge in [-0.15, -0.1) is 0 Å². The Morgan fingerprint density at radius 1 is 1.21 bits per heavy atom. The third kappa shape index (κ3) is 1.68. The molecule has 0 aromatic heterocycles. The lowest BCUT2D eigenvalue weighted by Gasteiger charge is -2.32. The molecule has 2 heteroatoms. The number of rotatable bonds is 1. The lowest BCUT2D eigenvalue weighted by molar-refractivity contribution is 0.625. The Kier molecular flexibility index (Phi) is 2.56. The fourth-order valence-electron chi connectivity index (χ4n) is 2.33. The van der Waals surface area contributed by atoms with Crippen molar-refractivity contribution in [3.63, 3.8) is 0 Å². The molecule has 78 valence electrons. The monoisotopic (exact) mass is 212 g/mol. The van der Waals surface area contributed by atoms with Crippen molar-refractivity contribution in [3.05, 3.63) is 29.6 Å². The highest BCUT2D eigenvalue weighted by atomic mass is 32.3. The van der Waals surface area contributed by atoms with E-state index in [0.29, 0.717) is 0 Å². The molecule has 2 rings (SSSR count). The van der Waals surface area contributed by atoms with Crippen molar-refractivity contribution in [2.75, 3.05) is 17.8 Å². The molecule has 0 nitrogen and oxygen atoms in total. The van der Waals surface area contributed by atoms with E-state index >= 15 is 0 Å². The number of hydrogen-bond acceptors (Lipinski definition) is 0. The Morgan fingerprint density at radius 2 is 1.86 bits per heavy atom. The molecule has 0 spiro atoms. The molecule has 1 aromatic rings. The average molecular weight is 212 g/mol. The zero-order valence-electron chi connectivity index (χ0n) is 8.85. The molecule has 1 heterocycles. The average Bonchev–Trinajstić information content (AvgIpc) is 2.52. The number of halogens is 1. The molecular weight excluding hydrogens is 195 g/mol. The van der Waals surface area contributed by atoms with Crippen molar-refractivity contribution in [3.8, 4) is 0 Å². The second-order valence-electron chi connectivity index (χ2n) is 4.30. The normalized spacial score (nSPS) is 22.2. The van der Waals surface area contributed by atoms with E-state index in [4.69, 9.17) is 0 Å². The van der Waals surface area contributed by atoms with E-state index in [1.807, 2.05) is 13.0 Å². The maximum absolute atomic E-state index is 13.0. The molecule has 0 atom stereocenters. The van der Waals surface area contributed by atoms with Gasteiger partial charge < -0.3 is 0 Å². The summed E-state index contributed by atoms with van der Waals surface area (Å²) in [5.74, 6) is 2.56. The number of aryl methyl sites for hydroxylation is 1. The maximum Gasteiger partial charge on any atom is 0.123 e. The molecule has 0 amide bonds. The van der Waals surface area contributed by atoms with Gasteiger partial charge in [0.25, 0.3) is 0 Å². The van der Waals surface area contributed by atoms with Crippen LogP contribution < -0.4 is 0 Å². The molecule has 1 saturated heterocycles. The van der Waals surface area contributed by atoms with Crippen LogP contribution in [0.25, 0.3) is 0 Å². The van der Waals surface area contributed by atoms with Gasteiger partial charge in [-0.2, -0.15) is 0 Å². The fourth-order valence-corrected chi connectivity index (χ4v) is 5.89. The maximum atomic E-state index is 13.0. The van der Waals surface area contributed by atoms with Crippen molar-refractivity contribution < 1.29 is 4.39 Å². The second-order valence-corrected chi connectivity index (χ2v) is 8.10. The third-order valence-corrected chi connectivity index (χ3v) is 7.01. The van der Waals surface area contributed by atoms with Gasteiger partial charge >= 0.3 is 0 Å². The molecule has 1 aromatic carbocycles. The summed E-state index contributed by atoms with van der Waals surface area (Å²) in [5, 5.41) is 0. The van der Waals surface area contributed by atoms with Crippen LogP contribution in [0.1, 0.15) is 18.4 Å². The van der Waals surface area contributed by atoms with Crippen LogP contribution in [-0.2, 0) is 0 Å². The highest BCUT2D eigenvalue weighted by molar-refractivity contribution is 8.33. The lowest BCUT2D eigenvalue weighted by Crippen LogP contribution is -2.02. The standard InChI is InChI=1S/C12H17FS/c1-10-9-11(13)5-6-12(10)14(2)7-3-4-8-14/h5-6,9H,3-4,7-8H2,1-2H3. The largest absolute Gasteiger partial charge is 0.217 e. The molecule has 0 N–H and O–H groups in total. The minimum absolute atomic E-state index is 0.104. The Hall–Kier alpha value is -0.500. The van der Waals surface area contributed by atoms with Crippen LogP contribution in [0.4, 0.5) is 4.39 Å². The molecule has 1 aliphatic heterocycles. The van der Waals surface area contributed by atoms with E-state index in [-0.39, 0.29) is 5.82 Å². The third-order valence-electron chi connectivity index (χ3n) is 3.11. The predicted molar refractivity (Wildman–Crippen MR) is 61.9 cm³/mol. The molecule has 0 unspecified atom stereocenters. The first kappa shape index (κ1) is 10.0. The molecule has 1 fully saturated rings. The quantitative estimate of drug-likeness (QED) is 0.665. The van der Waals surface area contributed by atoms with Crippen molar-refractivity contribution in [2.45, 2.75) is 24.7 Å². The highest BCUT2D eigenvalue weighted by Crippen LogP contribution is 2.58. The summed E-state index contributed by atoms with van der Waals surface area (Å²) < 4.78 is 13.0. The van der Waals surface area contributed by atoms with Gasteiger partial charge in [0.05, 0.1) is 0 Å². The fraction of sp³-hybridized carbons (Fsp3) is 0.500. The minimum atomic E-state index is -0.597. The Balaban J connectivity index is 2.40. The van der Waals surface area contributed by atoms with Crippen LogP contribution in [0.5, 0.6) is 0 Å². The molecule has 14 heavy (non-hydrogen) atoms. The van der Waals surface area contributed by atoms with Crippen LogP contribution in [0.2, 0.25) is 0 Å². The van der Waals surface area contributed by atoms with Gasteiger partial charge in [-0.05, 0) is 66.2 Å². The topological polar surface area (TPSA) is 0 Å². The summed E-state index contributed by atoms with van der Waals surface area (Å²) >= 11 is 0. The first-order valence-electron chi connectivity index (χ1n) is 5.12. The van der Waals surface area contributed by atoms with Gasteiger partial charge in [-0.3, -0.25) is 0 Å². The van der Waals surface area contributed by atoms with Gasteiger partial charge in [0, 0.05) is 0 Å². The van der Waals surface area contributed by atoms with E-state index in [1.54, 1.807) is 12.1 Å². The van der Waals surface area contributed by atoms with E-state index in [2.05, 4.69) is 6.26 Å². The first-order valence-corrected chi connectivity index (χ1v) is 7.50. The number of benzene rings is 1. The highest BCUT2D eigenvalue weighted by Gasteiger charge is 2.26. The Bertz CT molecular complexity index is 340. The first-order chi connectivity index (χ1) is 6.62. The predicted octanol–water partition coefficient (Wildman–Crippen LogP) is 3.72. The summed E-state index contributed by atoms with van der Waals surface area (Å²) in [5.41, 5.74) is 1.14. The Morgan fingerprint density at radius 3 is 2.43 bits per heavy atom. The van der Waals surface area contributed by atoms with Crippen LogP contribution in [-0.4, -0.2) is 17.8 Å². The molecular formula is C12H17FS. The van der Waals surface area contributed by atoms with E-state index < -0.39 is 10.0 Å². The van der Waals surface area contributed by atoms with E-state index in [1.165, 1.54) is 29.2 Å². The van der Waals surface area contributed by atoms with Crippen LogP contribution in [0.15, 0.2) is 23.1 Å². The second kappa shape index (κ2) is 3.58. The van der Waals surface area contributed by atoms with Crippen molar-refractivity contribution >= 4 is 10.0 Å². The number of hydrogen-bond donors (Lipinski definition) is 0. The summed E-state index contributed by atoms with van der Waals surface area (Å²) in [6, 6.07) is 5.29. The SMILES string of the molecule is Cc1cc(F)ccc1S1(C)CCCC1. The smallest absolute Gasteiger partial charge is 0.123 e. The van der Waals surface area contributed by atoms with Gasteiger partial charge in [-0.1, -0.05) is 0 Å².